The summed E-state index contributed by atoms with van der Waals surface area (Å²) in [6, 6.07) is 3.86. The average Bonchev–Trinajstić information content (AvgIpc) is 2.96. The van der Waals surface area contributed by atoms with Crippen molar-refractivity contribution in [1.29, 1.82) is 0 Å². The summed E-state index contributed by atoms with van der Waals surface area (Å²) in [5, 5.41) is 11.3. The van der Waals surface area contributed by atoms with Crippen molar-refractivity contribution in [3.8, 4) is 17.2 Å². The van der Waals surface area contributed by atoms with Gasteiger partial charge in [0.25, 0.3) is 0 Å². The molecule has 2 N–H and O–H groups in total. The lowest BCUT2D eigenvalue weighted by atomic mass is 10.1. The number of hydrogen-bond donors (Lipinski definition) is 2. The van der Waals surface area contributed by atoms with Crippen molar-refractivity contribution < 1.29 is 14.2 Å². The van der Waals surface area contributed by atoms with Gasteiger partial charge in [-0.05, 0) is 32.8 Å². The second-order valence-electron chi connectivity index (χ2n) is 6.96. The van der Waals surface area contributed by atoms with Crippen LogP contribution in [0, 0.1) is 13.8 Å². The lowest BCUT2D eigenvalue weighted by molar-refractivity contribution is 0.368. The van der Waals surface area contributed by atoms with Crippen LogP contribution in [0.5, 0.6) is 17.2 Å². The van der Waals surface area contributed by atoms with Crippen LogP contribution in [-0.4, -0.2) is 50.2 Å². The molecule has 1 aromatic carbocycles. The predicted molar refractivity (Wildman–Crippen MR) is 115 cm³/mol. The fraction of sp³-hybridized carbons (Fsp3) is 0.524. The van der Waals surface area contributed by atoms with Crippen LogP contribution in [0.3, 0.4) is 0 Å². The van der Waals surface area contributed by atoms with Gasteiger partial charge >= 0.3 is 0 Å². The van der Waals surface area contributed by atoms with E-state index in [1.807, 2.05) is 30.8 Å². The standard InChI is InChI=1S/C21H33N5O3/c1-13(9-17-14(2)25-26(5)15(17)3)24-21(22-4)23-12-18-19(28-7)10-16(27-6)11-20(18)29-8/h10-11,13H,9,12H2,1-8H3,(H2,22,23,24). The van der Waals surface area contributed by atoms with E-state index in [1.165, 1.54) is 11.3 Å². The smallest absolute Gasteiger partial charge is 0.191 e. The zero-order valence-corrected chi connectivity index (χ0v) is 18.7. The molecule has 8 heteroatoms. The quantitative estimate of drug-likeness (QED) is 0.520. The van der Waals surface area contributed by atoms with E-state index in [4.69, 9.17) is 14.2 Å². The van der Waals surface area contributed by atoms with Crippen LogP contribution in [0.25, 0.3) is 0 Å². The summed E-state index contributed by atoms with van der Waals surface area (Å²) in [6.45, 7) is 6.77. The Kier molecular flexibility index (Phi) is 7.75. The molecule has 29 heavy (non-hydrogen) atoms. The topological polar surface area (TPSA) is 81.9 Å². The highest BCUT2D eigenvalue weighted by atomic mass is 16.5. The Hall–Kier alpha value is -2.90. The van der Waals surface area contributed by atoms with Gasteiger partial charge in [0.2, 0.25) is 0 Å². The molecule has 0 aliphatic rings. The molecule has 2 rings (SSSR count). The van der Waals surface area contributed by atoms with Gasteiger partial charge in [0.1, 0.15) is 17.2 Å². The molecule has 1 atom stereocenters. The third kappa shape index (κ3) is 5.34. The number of ether oxygens (including phenoxy) is 3. The van der Waals surface area contributed by atoms with Crippen molar-refractivity contribution in [2.75, 3.05) is 28.4 Å². The lowest BCUT2D eigenvalue weighted by Gasteiger charge is -2.20. The molecule has 0 spiro atoms. The van der Waals surface area contributed by atoms with Crippen molar-refractivity contribution in [2.45, 2.75) is 39.8 Å². The van der Waals surface area contributed by atoms with E-state index in [2.05, 4.69) is 34.6 Å². The number of guanidine groups is 1. The minimum Gasteiger partial charge on any atom is -0.496 e. The van der Waals surface area contributed by atoms with Gasteiger partial charge in [-0.15, -0.1) is 0 Å². The molecular weight excluding hydrogens is 370 g/mol. The number of aromatic nitrogens is 2. The first-order valence-electron chi connectivity index (χ1n) is 9.59. The van der Waals surface area contributed by atoms with Crippen molar-refractivity contribution >= 4 is 5.96 Å². The van der Waals surface area contributed by atoms with E-state index in [9.17, 15) is 0 Å². The van der Waals surface area contributed by atoms with Gasteiger partial charge < -0.3 is 24.8 Å². The summed E-state index contributed by atoms with van der Waals surface area (Å²) in [6.07, 6.45) is 0.862. The van der Waals surface area contributed by atoms with Gasteiger partial charge in [-0.25, -0.2) is 0 Å². The van der Waals surface area contributed by atoms with Gasteiger partial charge in [-0.3, -0.25) is 9.67 Å². The Balaban J connectivity index is 2.07. The van der Waals surface area contributed by atoms with Gasteiger partial charge in [0, 0.05) is 38.0 Å². The summed E-state index contributed by atoms with van der Waals surface area (Å²) >= 11 is 0. The zero-order valence-electron chi connectivity index (χ0n) is 18.7. The van der Waals surface area contributed by atoms with Crippen LogP contribution in [0.2, 0.25) is 0 Å². The number of benzene rings is 1. The molecule has 1 unspecified atom stereocenters. The highest BCUT2D eigenvalue weighted by Crippen LogP contribution is 2.33. The maximum atomic E-state index is 5.52. The predicted octanol–water partition coefficient (Wildman–Crippen LogP) is 2.36. The fourth-order valence-electron chi connectivity index (χ4n) is 3.32. The Morgan fingerprint density at radius 2 is 1.72 bits per heavy atom. The molecule has 0 radical (unpaired) electrons. The van der Waals surface area contributed by atoms with E-state index in [-0.39, 0.29) is 6.04 Å². The van der Waals surface area contributed by atoms with Gasteiger partial charge in [-0.2, -0.15) is 5.10 Å². The second-order valence-corrected chi connectivity index (χ2v) is 6.96. The van der Waals surface area contributed by atoms with Crippen LogP contribution in [0.15, 0.2) is 17.1 Å². The molecule has 0 amide bonds. The van der Waals surface area contributed by atoms with E-state index >= 15 is 0 Å². The third-order valence-electron chi connectivity index (χ3n) is 5.03. The third-order valence-corrected chi connectivity index (χ3v) is 5.03. The number of aliphatic imine (C=N–C) groups is 1. The molecule has 1 aromatic heterocycles. The van der Waals surface area contributed by atoms with Crippen LogP contribution in [-0.2, 0) is 20.0 Å². The molecule has 160 valence electrons. The highest BCUT2D eigenvalue weighted by molar-refractivity contribution is 5.80. The number of aryl methyl sites for hydroxylation is 2. The molecule has 0 saturated carbocycles. The largest absolute Gasteiger partial charge is 0.496 e. The SMILES string of the molecule is CN=C(NCc1c(OC)cc(OC)cc1OC)NC(C)Cc1c(C)nn(C)c1C. The van der Waals surface area contributed by atoms with Crippen molar-refractivity contribution in [2.24, 2.45) is 12.0 Å². The van der Waals surface area contributed by atoms with Crippen molar-refractivity contribution in [3.63, 3.8) is 0 Å². The van der Waals surface area contributed by atoms with Gasteiger partial charge in [0.15, 0.2) is 5.96 Å². The monoisotopic (exact) mass is 403 g/mol. The molecule has 0 aliphatic carbocycles. The average molecular weight is 404 g/mol. The molecule has 1 heterocycles. The van der Waals surface area contributed by atoms with E-state index in [0.717, 1.165) is 17.7 Å². The van der Waals surface area contributed by atoms with E-state index < -0.39 is 0 Å². The van der Waals surface area contributed by atoms with Crippen molar-refractivity contribution in [1.82, 2.24) is 20.4 Å². The number of nitrogens with one attached hydrogen (secondary N) is 2. The van der Waals surface area contributed by atoms with Gasteiger partial charge in [0.05, 0.1) is 39.1 Å². The summed E-state index contributed by atoms with van der Waals surface area (Å²) in [5.41, 5.74) is 4.41. The maximum Gasteiger partial charge on any atom is 0.191 e. The summed E-state index contributed by atoms with van der Waals surface area (Å²) < 4.78 is 18.3. The van der Waals surface area contributed by atoms with Crippen LogP contribution < -0.4 is 24.8 Å². The zero-order chi connectivity index (χ0) is 21.6. The molecule has 2 aromatic rings. The van der Waals surface area contributed by atoms with Crippen molar-refractivity contribution in [3.05, 3.63) is 34.6 Å². The Bertz CT molecular complexity index is 835. The Labute approximate surface area is 173 Å². The normalized spacial score (nSPS) is 12.5. The maximum absolute atomic E-state index is 5.52. The van der Waals surface area contributed by atoms with E-state index in [0.29, 0.717) is 29.8 Å². The minimum atomic E-state index is 0.183. The second kappa shape index (κ2) is 10.0. The molecule has 0 fully saturated rings. The lowest BCUT2D eigenvalue weighted by Crippen LogP contribution is -2.42. The van der Waals surface area contributed by atoms with E-state index in [1.54, 1.807) is 28.4 Å². The first kappa shape index (κ1) is 22.4. The molecule has 0 bridgehead atoms. The number of nitrogens with zero attached hydrogens (tertiary/aromatic N) is 3. The summed E-state index contributed by atoms with van der Waals surface area (Å²) in [5.74, 6) is 2.77. The first-order chi connectivity index (χ1) is 13.8. The van der Waals surface area contributed by atoms with Gasteiger partial charge in [-0.1, -0.05) is 0 Å². The molecule has 0 saturated heterocycles. The fourth-order valence-corrected chi connectivity index (χ4v) is 3.32. The first-order valence-corrected chi connectivity index (χ1v) is 9.59. The number of rotatable bonds is 8. The van der Waals surface area contributed by atoms with Crippen LogP contribution in [0.1, 0.15) is 29.4 Å². The summed E-state index contributed by atoms with van der Waals surface area (Å²) in [4.78, 5) is 4.35. The number of methoxy groups -OCH3 is 3. The minimum absolute atomic E-state index is 0.183. The molecule has 0 aliphatic heterocycles. The summed E-state index contributed by atoms with van der Waals surface area (Å²) in [7, 11) is 8.60. The highest BCUT2D eigenvalue weighted by Gasteiger charge is 2.16. The van der Waals surface area contributed by atoms with Crippen LogP contribution >= 0.6 is 0 Å². The van der Waals surface area contributed by atoms with Crippen LogP contribution in [0.4, 0.5) is 0 Å². The molecular formula is C21H33N5O3. The number of hydrogen-bond acceptors (Lipinski definition) is 5. The molecule has 8 nitrogen and oxygen atoms in total. The Morgan fingerprint density at radius 1 is 1.10 bits per heavy atom. The Morgan fingerprint density at radius 3 is 2.17 bits per heavy atom.